The van der Waals surface area contributed by atoms with Crippen molar-refractivity contribution in [2.24, 2.45) is 0 Å². The summed E-state index contributed by atoms with van der Waals surface area (Å²) in [5.74, 6) is 1.07. The summed E-state index contributed by atoms with van der Waals surface area (Å²) in [6.45, 7) is 1.35. The lowest BCUT2D eigenvalue weighted by Crippen LogP contribution is -2.16. The smallest absolute Gasteiger partial charge is 0.255 e. The zero-order chi connectivity index (χ0) is 17.6. The van der Waals surface area contributed by atoms with E-state index in [1.165, 1.54) is 0 Å². The molecular formula is C19H20ClNO4. The largest absolute Gasteiger partial charge is 0.495 e. The van der Waals surface area contributed by atoms with E-state index in [9.17, 15) is 4.79 Å². The van der Waals surface area contributed by atoms with Crippen LogP contribution in [0.3, 0.4) is 0 Å². The lowest BCUT2D eigenvalue weighted by molar-refractivity contribution is 0.0679. The van der Waals surface area contributed by atoms with E-state index in [1.54, 1.807) is 49.6 Å². The van der Waals surface area contributed by atoms with Crippen molar-refractivity contribution in [1.29, 1.82) is 0 Å². The van der Waals surface area contributed by atoms with Crippen LogP contribution in [0.25, 0.3) is 0 Å². The monoisotopic (exact) mass is 361 g/mol. The van der Waals surface area contributed by atoms with E-state index < -0.39 is 0 Å². The SMILES string of the molecule is COc1ccc(NC(=O)c2ccc(OCC3CCCO3)cc2)cc1Cl. The van der Waals surface area contributed by atoms with Gasteiger partial charge in [0, 0.05) is 17.9 Å². The Morgan fingerprint density at radius 2 is 2.08 bits per heavy atom. The highest BCUT2D eigenvalue weighted by Crippen LogP contribution is 2.27. The van der Waals surface area contributed by atoms with Crippen LogP contribution in [0.4, 0.5) is 5.69 Å². The number of ether oxygens (including phenoxy) is 3. The molecule has 0 spiro atoms. The van der Waals surface area contributed by atoms with Crippen LogP contribution in [0.1, 0.15) is 23.2 Å². The minimum Gasteiger partial charge on any atom is -0.495 e. The number of amides is 1. The number of carbonyl (C=O) groups excluding carboxylic acids is 1. The first kappa shape index (κ1) is 17.6. The van der Waals surface area contributed by atoms with Crippen molar-refractivity contribution < 1.29 is 19.0 Å². The molecule has 1 saturated heterocycles. The second-order valence-corrected chi connectivity index (χ2v) is 6.18. The molecule has 25 heavy (non-hydrogen) atoms. The van der Waals surface area contributed by atoms with E-state index >= 15 is 0 Å². The molecule has 1 fully saturated rings. The van der Waals surface area contributed by atoms with Crippen LogP contribution >= 0.6 is 11.6 Å². The van der Waals surface area contributed by atoms with Crippen molar-refractivity contribution >= 4 is 23.2 Å². The van der Waals surface area contributed by atoms with Crippen molar-refractivity contribution in [3.8, 4) is 11.5 Å². The normalized spacial score (nSPS) is 16.5. The van der Waals surface area contributed by atoms with Gasteiger partial charge in [0.15, 0.2) is 0 Å². The Hall–Kier alpha value is -2.24. The fraction of sp³-hybridized carbons (Fsp3) is 0.316. The Labute approximate surface area is 151 Å². The summed E-state index contributed by atoms with van der Waals surface area (Å²) < 4.78 is 16.3. The van der Waals surface area contributed by atoms with Crippen LogP contribution in [0, 0.1) is 0 Å². The quantitative estimate of drug-likeness (QED) is 0.839. The van der Waals surface area contributed by atoms with Gasteiger partial charge < -0.3 is 19.5 Å². The summed E-state index contributed by atoms with van der Waals surface area (Å²) in [4.78, 5) is 12.3. The number of methoxy groups -OCH3 is 1. The number of halogens is 1. The highest BCUT2D eigenvalue weighted by Gasteiger charge is 2.16. The Morgan fingerprint density at radius 3 is 2.72 bits per heavy atom. The molecule has 1 aliphatic rings. The van der Waals surface area contributed by atoms with Crippen LogP contribution in [-0.2, 0) is 4.74 Å². The van der Waals surface area contributed by atoms with E-state index in [4.69, 9.17) is 25.8 Å². The molecule has 2 aromatic rings. The first-order valence-corrected chi connectivity index (χ1v) is 8.53. The molecule has 6 heteroatoms. The number of rotatable bonds is 6. The summed E-state index contributed by atoms with van der Waals surface area (Å²) in [5.41, 5.74) is 1.14. The van der Waals surface area contributed by atoms with E-state index in [1.807, 2.05) is 0 Å². The fourth-order valence-corrected chi connectivity index (χ4v) is 2.87. The number of carbonyl (C=O) groups is 1. The number of hydrogen-bond acceptors (Lipinski definition) is 4. The summed E-state index contributed by atoms with van der Waals surface area (Å²) in [5, 5.41) is 3.25. The van der Waals surface area contributed by atoms with E-state index in [2.05, 4.69) is 5.32 Å². The molecule has 132 valence electrons. The van der Waals surface area contributed by atoms with Gasteiger partial charge in [-0.05, 0) is 55.3 Å². The van der Waals surface area contributed by atoms with Gasteiger partial charge in [-0.2, -0.15) is 0 Å². The Kier molecular flexibility index (Phi) is 5.79. The van der Waals surface area contributed by atoms with Gasteiger partial charge in [0.1, 0.15) is 18.1 Å². The second kappa shape index (κ2) is 8.23. The van der Waals surface area contributed by atoms with Gasteiger partial charge in [0.25, 0.3) is 5.91 Å². The topological polar surface area (TPSA) is 56.8 Å². The van der Waals surface area contributed by atoms with Crippen molar-refractivity contribution in [1.82, 2.24) is 0 Å². The summed E-state index contributed by atoms with van der Waals surface area (Å²) in [6, 6.07) is 12.1. The Morgan fingerprint density at radius 1 is 1.28 bits per heavy atom. The average Bonchev–Trinajstić information content (AvgIpc) is 3.14. The number of anilines is 1. The van der Waals surface area contributed by atoms with Crippen molar-refractivity contribution in [2.45, 2.75) is 18.9 Å². The fourth-order valence-electron chi connectivity index (χ4n) is 2.61. The van der Waals surface area contributed by atoms with Gasteiger partial charge in [-0.25, -0.2) is 0 Å². The third-order valence-corrected chi connectivity index (χ3v) is 4.28. The van der Waals surface area contributed by atoms with Gasteiger partial charge in [-0.3, -0.25) is 4.79 Å². The van der Waals surface area contributed by atoms with Crippen LogP contribution in [0.5, 0.6) is 11.5 Å². The Balaban J connectivity index is 1.57. The molecule has 1 aliphatic heterocycles. The molecule has 1 amide bonds. The number of benzene rings is 2. The van der Waals surface area contributed by atoms with E-state index in [0.29, 0.717) is 28.6 Å². The van der Waals surface area contributed by atoms with Crippen LogP contribution < -0.4 is 14.8 Å². The van der Waals surface area contributed by atoms with Gasteiger partial charge in [0.2, 0.25) is 0 Å². The number of nitrogens with one attached hydrogen (secondary N) is 1. The number of hydrogen-bond donors (Lipinski definition) is 1. The van der Waals surface area contributed by atoms with Crippen LogP contribution in [0.15, 0.2) is 42.5 Å². The molecule has 1 unspecified atom stereocenters. The third kappa shape index (κ3) is 4.65. The molecule has 2 aromatic carbocycles. The molecule has 0 saturated carbocycles. The van der Waals surface area contributed by atoms with Crippen molar-refractivity contribution in [3.63, 3.8) is 0 Å². The van der Waals surface area contributed by atoms with E-state index in [0.717, 1.165) is 25.2 Å². The lowest BCUT2D eigenvalue weighted by atomic mass is 10.2. The van der Waals surface area contributed by atoms with Crippen molar-refractivity contribution in [3.05, 3.63) is 53.1 Å². The minimum atomic E-state index is -0.216. The lowest BCUT2D eigenvalue weighted by Gasteiger charge is -2.12. The average molecular weight is 362 g/mol. The summed E-state index contributed by atoms with van der Waals surface area (Å²) >= 11 is 6.07. The van der Waals surface area contributed by atoms with Gasteiger partial charge in [0.05, 0.1) is 18.2 Å². The molecular weight excluding hydrogens is 342 g/mol. The first-order chi connectivity index (χ1) is 12.2. The molecule has 0 radical (unpaired) electrons. The van der Waals surface area contributed by atoms with Gasteiger partial charge >= 0.3 is 0 Å². The van der Waals surface area contributed by atoms with Crippen LogP contribution in [0.2, 0.25) is 5.02 Å². The van der Waals surface area contributed by atoms with Gasteiger partial charge in [-0.1, -0.05) is 11.6 Å². The Bertz CT molecular complexity index is 727. The molecule has 0 aliphatic carbocycles. The first-order valence-electron chi connectivity index (χ1n) is 8.15. The molecule has 1 atom stereocenters. The predicted molar refractivity (Wildman–Crippen MR) is 96.9 cm³/mol. The molecule has 1 N–H and O–H groups in total. The predicted octanol–water partition coefficient (Wildman–Crippen LogP) is 4.16. The molecule has 1 heterocycles. The highest BCUT2D eigenvalue weighted by molar-refractivity contribution is 6.32. The standard InChI is InChI=1S/C19H20ClNO4/c1-23-18-9-6-14(11-17(18)20)21-19(22)13-4-7-15(8-5-13)25-12-16-3-2-10-24-16/h4-9,11,16H,2-3,10,12H2,1H3,(H,21,22). The minimum absolute atomic E-state index is 0.169. The third-order valence-electron chi connectivity index (χ3n) is 3.99. The van der Waals surface area contributed by atoms with E-state index in [-0.39, 0.29) is 12.0 Å². The van der Waals surface area contributed by atoms with Crippen LogP contribution in [-0.4, -0.2) is 32.3 Å². The molecule has 0 aromatic heterocycles. The highest BCUT2D eigenvalue weighted by atomic mass is 35.5. The second-order valence-electron chi connectivity index (χ2n) is 5.77. The molecule has 3 rings (SSSR count). The maximum absolute atomic E-state index is 12.3. The maximum atomic E-state index is 12.3. The summed E-state index contributed by atoms with van der Waals surface area (Å²) in [7, 11) is 1.54. The van der Waals surface area contributed by atoms with Gasteiger partial charge in [-0.15, -0.1) is 0 Å². The molecule has 0 bridgehead atoms. The maximum Gasteiger partial charge on any atom is 0.255 e. The van der Waals surface area contributed by atoms with Crippen molar-refractivity contribution in [2.75, 3.05) is 25.6 Å². The summed E-state index contributed by atoms with van der Waals surface area (Å²) in [6.07, 6.45) is 2.29. The zero-order valence-electron chi connectivity index (χ0n) is 14.0. The molecule has 5 nitrogen and oxygen atoms in total. The zero-order valence-corrected chi connectivity index (χ0v) is 14.7.